The number of amides is 2. The zero-order valence-corrected chi connectivity index (χ0v) is 12.4. The Morgan fingerprint density at radius 1 is 1.30 bits per heavy atom. The molecule has 0 heterocycles. The van der Waals surface area contributed by atoms with Crippen molar-refractivity contribution in [2.75, 3.05) is 6.61 Å². The molecule has 2 amide bonds. The number of aliphatic hydroxyl groups excluding tert-OH is 1. The van der Waals surface area contributed by atoms with Crippen molar-refractivity contribution in [2.24, 2.45) is 5.92 Å². The summed E-state index contributed by atoms with van der Waals surface area (Å²) in [5.41, 5.74) is 1.29. The van der Waals surface area contributed by atoms with E-state index in [1.165, 1.54) is 6.07 Å². The number of nitrogens with one attached hydrogen (secondary N) is 2. The molecule has 0 bridgehead atoms. The quantitative estimate of drug-likeness (QED) is 0.777. The molecule has 3 N–H and O–H groups in total. The molecule has 0 spiro atoms. The number of hydrogen-bond acceptors (Lipinski definition) is 2. The minimum absolute atomic E-state index is 0.0141. The summed E-state index contributed by atoms with van der Waals surface area (Å²) in [6.07, 6.45) is 0. The maximum Gasteiger partial charge on any atom is 0.315 e. The van der Waals surface area contributed by atoms with Crippen LogP contribution in [-0.2, 0) is 0 Å². The van der Waals surface area contributed by atoms with Gasteiger partial charge in [0.15, 0.2) is 0 Å². The van der Waals surface area contributed by atoms with Crippen molar-refractivity contribution in [1.82, 2.24) is 10.6 Å². The second-order valence-electron chi connectivity index (χ2n) is 5.30. The normalized spacial score (nSPS) is 15.3. The summed E-state index contributed by atoms with van der Waals surface area (Å²) in [5.74, 6) is -0.299. The van der Waals surface area contributed by atoms with Gasteiger partial charge in [0.2, 0.25) is 0 Å². The number of urea groups is 1. The molecule has 0 aliphatic rings. The van der Waals surface area contributed by atoms with Crippen molar-refractivity contribution in [2.45, 2.75) is 39.8 Å². The van der Waals surface area contributed by atoms with E-state index in [0.29, 0.717) is 11.1 Å². The molecule has 1 rings (SSSR count). The molecule has 0 aliphatic carbocycles. The minimum Gasteiger partial charge on any atom is -0.396 e. The van der Waals surface area contributed by atoms with Gasteiger partial charge in [0, 0.05) is 12.6 Å². The zero-order chi connectivity index (χ0) is 15.3. The van der Waals surface area contributed by atoms with Crippen molar-refractivity contribution >= 4 is 6.03 Å². The van der Waals surface area contributed by atoms with Crippen molar-refractivity contribution in [3.05, 3.63) is 35.1 Å². The lowest BCUT2D eigenvalue weighted by atomic mass is 10.1. The topological polar surface area (TPSA) is 61.4 Å². The maximum absolute atomic E-state index is 13.5. The number of aliphatic hydroxyl groups is 1. The van der Waals surface area contributed by atoms with Gasteiger partial charge in [0.25, 0.3) is 0 Å². The van der Waals surface area contributed by atoms with E-state index in [4.69, 9.17) is 5.11 Å². The maximum atomic E-state index is 13.5. The van der Waals surface area contributed by atoms with E-state index in [1.807, 2.05) is 13.8 Å². The Morgan fingerprint density at radius 2 is 1.95 bits per heavy atom. The molecule has 0 fully saturated rings. The van der Waals surface area contributed by atoms with Crippen molar-refractivity contribution < 1.29 is 14.3 Å². The molecule has 0 saturated carbocycles. The molecule has 0 radical (unpaired) electrons. The average Bonchev–Trinajstić information content (AvgIpc) is 2.40. The summed E-state index contributed by atoms with van der Waals surface area (Å²) in [7, 11) is 0. The summed E-state index contributed by atoms with van der Waals surface area (Å²) in [5, 5.41) is 14.5. The Kier molecular flexibility index (Phi) is 5.95. The van der Waals surface area contributed by atoms with Gasteiger partial charge in [-0.1, -0.05) is 19.1 Å². The van der Waals surface area contributed by atoms with E-state index < -0.39 is 0 Å². The predicted molar refractivity (Wildman–Crippen MR) is 76.9 cm³/mol. The molecule has 3 unspecified atom stereocenters. The van der Waals surface area contributed by atoms with Crippen LogP contribution in [0.2, 0.25) is 0 Å². The number of hydrogen-bond donors (Lipinski definition) is 3. The number of halogens is 1. The average molecular weight is 282 g/mol. The molecule has 0 saturated heterocycles. The van der Waals surface area contributed by atoms with Gasteiger partial charge in [-0.3, -0.25) is 0 Å². The fourth-order valence-electron chi connectivity index (χ4n) is 1.71. The van der Waals surface area contributed by atoms with Gasteiger partial charge in [0.1, 0.15) is 5.82 Å². The van der Waals surface area contributed by atoms with Crippen LogP contribution < -0.4 is 10.6 Å². The third-order valence-electron chi connectivity index (χ3n) is 3.54. The van der Waals surface area contributed by atoms with E-state index in [1.54, 1.807) is 26.0 Å². The molecule has 112 valence electrons. The first-order valence-corrected chi connectivity index (χ1v) is 6.79. The van der Waals surface area contributed by atoms with Crippen LogP contribution in [0.3, 0.4) is 0 Å². The first-order valence-electron chi connectivity index (χ1n) is 6.79. The second kappa shape index (κ2) is 7.24. The van der Waals surface area contributed by atoms with Crippen LogP contribution in [0.1, 0.15) is 37.9 Å². The molecular weight excluding hydrogens is 259 g/mol. The third-order valence-corrected chi connectivity index (χ3v) is 3.54. The van der Waals surface area contributed by atoms with Crippen LogP contribution in [0.25, 0.3) is 0 Å². The summed E-state index contributed by atoms with van der Waals surface area (Å²) >= 11 is 0. The lowest BCUT2D eigenvalue weighted by Gasteiger charge is -2.21. The van der Waals surface area contributed by atoms with Crippen LogP contribution in [0.4, 0.5) is 9.18 Å². The molecule has 20 heavy (non-hydrogen) atoms. The lowest BCUT2D eigenvalue weighted by Crippen LogP contribution is -2.44. The van der Waals surface area contributed by atoms with E-state index in [2.05, 4.69) is 10.6 Å². The van der Waals surface area contributed by atoms with E-state index in [0.717, 1.165) is 0 Å². The van der Waals surface area contributed by atoms with Crippen LogP contribution in [-0.4, -0.2) is 23.8 Å². The van der Waals surface area contributed by atoms with Gasteiger partial charge in [-0.25, -0.2) is 9.18 Å². The smallest absolute Gasteiger partial charge is 0.315 e. The van der Waals surface area contributed by atoms with E-state index in [9.17, 15) is 9.18 Å². The van der Waals surface area contributed by atoms with Crippen LogP contribution in [0.5, 0.6) is 0 Å². The summed E-state index contributed by atoms with van der Waals surface area (Å²) < 4.78 is 13.5. The van der Waals surface area contributed by atoms with Gasteiger partial charge in [-0.05, 0) is 43.9 Å². The number of carbonyl (C=O) groups is 1. The molecule has 0 aliphatic heterocycles. The lowest BCUT2D eigenvalue weighted by molar-refractivity contribution is 0.199. The molecule has 3 atom stereocenters. The Balaban J connectivity index is 2.59. The monoisotopic (exact) mass is 282 g/mol. The van der Waals surface area contributed by atoms with Gasteiger partial charge in [0.05, 0.1) is 6.04 Å². The first kappa shape index (κ1) is 16.4. The largest absolute Gasteiger partial charge is 0.396 e. The van der Waals surface area contributed by atoms with Crippen LogP contribution >= 0.6 is 0 Å². The van der Waals surface area contributed by atoms with Crippen molar-refractivity contribution in [1.29, 1.82) is 0 Å². The number of rotatable bonds is 5. The van der Waals surface area contributed by atoms with Gasteiger partial charge in [-0.15, -0.1) is 0 Å². The molecule has 1 aromatic carbocycles. The fraction of sp³-hybridized carbons (Fsp3) is 0.533. The second-order valence-corrected chi connectivity index (χ2v) is 5.30. The number of carbonyl (C=O) groups excluding carboxylic acids is 1. The highest BCUT2D eigenvalue weighted by molar-refractivity contribution is 5.74. The number of aryl methyl sites for hydroxylation is 1. The van der Waals surface area contributed by atoms with E-state index >= 15 is 0 Å². The summed E-state index contributed by atoms with van der Waals surface area (Å²) in [6.45, 7) is 7.19. The Morgan fingerprint density at radius 3 is 2.50 bits per heavy atom. The Labute approximate surface area is 119 Å². The summed E-state index contributed by atoms with van der Waals surface area (Å²) in [4.78, 5) is 11.8. The molecule has 4 nitrogen and oxygen atoms in total. The van der Waals surface area contributed by atoms with Crippen LogP contribution in [0, 0.1) is 18.7 Å². The highest BCUT2D eigenvalue weighted by atomic mass is 19.1. The summed E-state index contributed by atoms with van der Waals surface area (Å²) in [6, 6.07) is 4.16. The third kappa shape index (κ3) is 4.49. The first-order chi connectivity index (χ1) is 9.35. The zero-order valence-electron chi connectivity index (χ0n) is 12.4. The van der Waals surface area contributed by atoms with Gasteiger partial charge < -0.3 is 15.7 Å². The molecular formula is C15H23FN2O2. The predicted octanol–water partition coefficient (Wildman–Crippen LogP) is 2.51. The fourth-order valence-corrected chi connectivity index (χ4v) is 1.71. The van der Waals surface area contributed by atoms with Crippen LogP contribution in [0.15, 0.2) is 18.2 Å². The standard InChI is InChI=1S/C15H23FN2O2/c1-9-5-6-13(7-14(9)16)12(4)18-15(20)17-11(3)10(2)8-19/h5-7,10-12,19H,8H2,1-4H3,(H2,17,18,20). The Hall–Kier alpha value is -1.62. The highest BCUT2D eigenvalue weighted by Gasteiger charge is 2.16. The minimum atomic E-state index is -0.328. The SMILES string of the molecule is Cc1ccc(C(C)NC(=O)NC(C)C(C)CO)cc1F. The van der Waals surface area contributed by atoms with Gasteiger partial charge in [-0.2, -0.15) is 0 Å². The van der Waals surface area contributed by atoms with Crippen molar-refractivity contribution in [3.63, 3.8) is 0 Å². The highest BCUT2D eigenvalue weighted by Crippen LogP contribution is 2.16. The molecule has 1 aromatic rings. The number of benzene rings is 1. The molecule has 0 aromatic heterocycles. The van der Waals surface area contributed by atoms with Gasteiger partial charge >= 0.3 is 6.03 Å². The van der Waals surface area contributed by atoms with Crippen molar-refractivity contribution in [3.8, 4) is 0 Å². The molecule has 5 heteroatoms. The Bertz CT molecular complexity index is 465. The van der Waals surface area contributed by atoms with E-state index in [-0.39, 0.29) is 36.5 Å².